The Morgan fingerprint density at radius 3 is 2.30 bits per heavy atom. The molecule has 0 aromatic heterocycles. The van der Waals surface area contributed by atoms with Crippen LogP contribution < -0.4 is 4.74 Å². The highest BCUT2D eigenvalue weighted by Crippen LogP contribution is 2.34. The Morgan fingerprint density at radius 2 is 1.78 bits per heavy atom. The topological polar surface area (TPSA) is 76.1 Å². The zero-order valence-corrected chi connectivity index (χ0v) is 17.3. The molecule has 2 rings (SSSR count). The van der Waals surface area contributed by atoms with E-state index in [0.29, 0.717) is 0 Å². The molecule has 2 atom stereocenters. The summed E-state index contributed by atoms with van der Waals surface area (Å²) >= 11 is 0. The van der Waals surface area contributed by atoms with Gasteiger partial charge in [0.05, 0.1) is 6.54 Å². The first-order chi connectivity index (χ1) is 12.3. The monoisotopic (exact) mass is 377 g/mol. The molecule has 0 aliphatic carbocycles. The van der Waals surface area contributed by atoms with Gasteiger partial charge in [0.15, 0.2) is 0 Å². The first kappa shape index (κ1) is 21.1. The summed E-state index contributed by atoms with van der Waals surface area (Å²) in [4.78, 5) is 25.3. The summed E-state index contributed by atoms with van der Waals surface area (Å²) in [7, 11) is 0. The standard InChI is InChI=1S/C21H31NO5/c1-13-8-9-17(15(10-13)20(2,3)4)26-14-11-16(18(23)24)22(12-14)19(25)27-21(5,6)7/h8-10,14,16H,11-12H2,1-7H3,(H,23,24)/t14-,16+/m1/s1. The number of aliphatic carboxylic acids is 1. The van der Waals surface area contributed by atoms with Crippen molar-refractivity contribution in [1.82, 2.24) is 4.90 Å². The van der Waals surface area contributed by atoms with Crippen LogP contribution in [0.15, 0.2) is 18.2 Å². The molecule has 27 heavy (non-hydrogen) atoms. The van der Waals surface area contributed by atoms with E-state index in [1.807, 2.05) is 19.1 Å². The summed E-state index contributed by atoms with van der Waals surface area (Å²) in [6, 6.07) is 5.03. The third-order valence-corrected chi connectivity index (χ3v) is 4.41. The Morgan fingerprint density at radius 1 is 1.15 bits per heavy atom. The maximum absolute atomic E-state index is 12.4. The molecule has 0 bridgehead atoms. The SMILES string of the molecule is Cc1ccc(O[C@@H]2C[C@@H](C(=O)O)N(C(=O)OC(C)(C)C)C2)c(C(C)(C)C)c1. The minimum Gasteiger partial charge on any atom is -0.488 e. The number of benzene rings is 1. The lowest BCUT2D eigenvalue weighted by Crippen LogP contribution is -2.43. The number of carboxylic acids is 1. The van der Waals surface area contributed by atoms with E-state index in [2.05, 4.69) is 26.8 Å². The fourth-order valence-corrected chi connectivity index (χ4v) is 3.15. The number of carbonyl (C=O) groups excluding carboxylic acids is 1. The number of rotatable bonds is 3. The second-order valence-corrected chi connectivity index (χ2v) is 9.21. The summed E-state index contributed by atoms with van der Waals surface area (Å²) in [6.07, 6.45) is -0.796. The Bertz CT molecular complexity index is 714. The number of hydrogen-bond donors (Lipinski definition) is 1. The largest absolute Gasteiger partial charge is 0.488 e. The van der Waals surface area contributed by atoms with E-state index in [1.165, 1.54) is 4.90 Å². The van der Waals surface area contributed by atoms with Crippen molar-refractivity contribution in [3.8, 4) is 5.75 Å². The molecule has 1 aliphatic heterocycles. The zero-order chi connectivity index (χ0) is 20.6. The molecule has 0 spiro atoms. The smallest absolute Gasteiger partial charge is 0.411 e. The van der Waals surface area contributed by atoms with Crippen LogP contribution in [0, 0.1) is 6.92 Å². The van der Waals surface area contributed by atoms with Crippen molar-refractivity contribution in [3.63, 3.8) is 0 Å². The Kier molecular flexibility index (Phi) is 5.78. The number of likely N-dealkylation sites (tertiary alicyclic amines) is 1. The van der Waals surface area contributed by atoms with E-state index in [0.717, 1.165) is 16.9 Å². The highest BCUT2D eigenvalue weighted by atomic mass is 16.6. The lowest BCUT2D eigenvalue weighted by atomic mass is 9.85. The first-order valence-corrected chi connectivity index (χ1v) is 9.28. The number of amides is 1. The van der Waals surface area contributed by atoms with E-state index in [4.69, 9.17) is 9.47 Å². The predicted molar refractivity (Wildman–Crippen MR) is 103 cm³/mol. The van der Waals surface area contributed by atoms with Gasteiger partial charge in [0.1, 0.15) is 23.5 Å². The molecule has 6 heteroatoms. The van der Waals surface area contributed by atoms with Crippen molar-refractivity contribution in [1.29, 1.82) is 0 Å². The number of ether oxygens (including phenoxy) is 2. The van der Waals surface area contributed by atoms with Crippen LogP contribution in [-0.2, 0) is 14.9 Å². The number of aryl methyl sites for hydroxylation is 1. The van der Waals surface area contributed by atoms with Crippen molar-refractivity contribution < 1.29 is 24.2 Å². The molecule has 1 aromatic carbocycles. The van der Waals surface area contributed by atoms with Crippen LogP contribution in [0.5, 0.6) is 5.75 Å². The highest BCUT2D eigenvalue weighted by molar-refractivity contribution is 5.81. The second kappa shape index (κ2) is 7.41. The fourth-order valence-electron chi connectivity index (χ4n) is 3.15. The maximum Gasteiger partial charge on any atom is 0.411 e. The molecule has 6 nitrogen and oxygen atoms in total. The van der Waals surface area contributed by atoms with Crippen LogP contribution in [0.4, 0.5) is 4.79 Å². The van der Waals surface area contributed by atoms with Gasteiger partial charge in [0, 0.05) is 6.42 Å². The van der Waals surface area contributed by atoms with Crippen LogP contribution in [0.1, 0.15) is 59.1 Å². The third-order valence-electron chi connectivity index (χ3n) is 4.41. The minimum atomic E-state index is -1.05. The Balaban J connectivity index is 2.22. The van der Waals surface area contributed by atoms with Crippen LogP contribution in [0.3, 0.4) is 0 Å². The summed E-state index contributed by atoms with van der Waals surface area (Å²) in [6.45, 7) is 13.8. The molecule has 1 aromatic rings. The van der Waals surface area contributed by atoms with E-state index in [1.54, 1.807) is 20.8 Å². The molecular formula is C21H31NO5. The summed E-state index contributed by atoms with van der Waals surface area (Å²) in [5.74, 6) is -0.319. The van der Waals surface area contributed by atoms with Crippen molar-refractivity contribution in [2.45, 2.75) is 78.0 Å². The first-order valence-electron chi connectivity index (χ1n) is 9.28. The van der Waals surface area contributed by atoms with Gasteiger partial charge in [0.25, 0.3) is 0 Å². The van der Waals surface area contributed by atoms with Gasteiger partial charge in [-0.3, -0.25) is 4.90 Å². The lowest BCUT2D eigenvalue weighted by Gasteiger charge is -2.27. The van der Waals surface area contributed by atoms with Gasteiger partial charge in [-0.1, -0.05) is 38.5 Å². The lowest BCUT2D eigenvalue weighted by molar-refractivity contribution is -0.142. The number of carbonyl (C=O) groups is 2. The average Bonchev–Trinajstić information content (AvgIpc) is 2.90. The van der Waals surface area contributed by atoms with Crippen LogP contribution in [0.2, 0.25) is 0 Å². The van der Waals surface area contributed by atoms with Crippen LogP contribution in [0.25, 0.3) is 0 Å². The van der Waals surface area contributed by atoms with Gasteiger partial charge in [-0.25, -0.2) is 9.59 Å². The van der Waals surface area contributed by atoms with Gasteiger partial charge < -0.3 is 14.6 Å². The normalized spacial score (nSPS) is 20.5. The molecular weight excluding hydrogens is 346 g/mol. The molecule has 1 aliphatic rings. The average molecular weight is 377 g/mol. The summed E-state index contributed by atoms with van der Waals surface area (Å²) in [5, 5.41) is 9.53. The van der Waals surface area contributed by atoms with E-state index in [9.17, 15) is 14.7 Å². The van der Waals surface area contributed by atoms with E-state index >= 15 is 0 Å². The Hall–Kier alpha value is -2.24. The van der Waals surface area contributed by atoms with E-state index in [-0.39, 0.29) is 18.4 Å². The summed E-state index contributed by atoms with van der Waals surface area (Å²) < 4.78 is 11.5. The Labute approximate surface area is 161 Å². The fraction of sp³-hybridized carbons (Fsp3) is 0.619. The molecule has 0 radical (unpaired) electrons. The van der Waals surface area contributed by atoms with Crippen molar-refractivity contribution in [3.05, 3.63) is 29.3 Å². The predicted octanol–water partition coefficient (Wildman–Crippen LogP) is 4.13. The summed E-state index contributed by atoms with van der Waals surface area (Å²) in [5.41, 5.74) is 1.40. The van der Waals surface area contributed by atoms with Crippen molar-refractivity contribution >= 4 is 12.1 Å². The van der Waals surface area contributed by atoms with Crippen molar-refractivity contribution in [2.75, 3.05) is 6.54 Å². The van der Waals surface area contributed by atoms with Gasteiger partial charge in [0.2, 0.25) is 0 Å². The number of nitrogens with zero attached hydrogens (tertiary/aromatic N) is 1. The molecule has 1 amide bonds. The van der Waals surface area contributed by atoms with Gasteiger partial charge in [-0.2, -0.15) is 0 Å². The van der Waals surface area contributed by atoms with Crippen LogP contribution in [-0.4, -0.2) is 46.4 Å². The number of hydrogen-bond acceptors (Lipinski definition) is 4. The minimum absolute atomic E-state index is 0.114. The molecule has 0 saturated carbocycles. The third kappa shape index (κ3) is 5.37. The molecule has 0 unspecified atom stereocenters. The molecule has 1 fully saturated rings. The maximum atomic E-state index is 12.4. The molecule has 150 valence electrons. The molecule has 1 N–H and O–H groups in total. The van der Waals surface area contributed by atoms with Gasteiger partial charge >= 0.3 is 12.1 Å². The molecule has 1 saturated heterocycles. The van der Waals surface area contributed by atoms with Gasteiger partial charge in [-0.05, 0) is 44.7 Å². The second-order valence-electron chi connectivity index (χ2n) is 9.21. The van der Waals surface area contributed by atoms with E-state index < -0.39 is 29.8 Å². The number of carboxylic acid groups (broad SMARTS) is 1. The highest BCUT2D eigenvalue weighted by Gasteiger charge is 2.43. The quantitative estimate of drug-likeness (QED) is 0.857. The molecule has 1 heterocycles. The van der Waals surface area contributed by atoms with Gasteiger partial charge in [-0.15, -0.1) is 0 Å². The van der Waals surface area contributed by atoms with Crippen molar-refractivity contribution in [2.24, 2.45) is 0 Å². The van der Waals surface area contributed by atoms with Crippen LogP contribution >= 0.6 is 0 Å². The zero-order valence-electron chi connectivity index (χ0n) is 17.3.